The fraction of sp³-hybridized carbons (Fsp3) is 0.167. The second-order valence-electron chi connectivity index (χ2n) is 4.90. The summed E-state index contributed by atoms with van der Waals surface area (Å²) in [4.78, 5) is 11.8. The van der Waals surface area contributed by atoms with Gasteiger partial charge in [0.1, 0.15) is 11.9 Å². The second-order valence-corrected chi connectivity index (χ2v) is 4.90. The van der Waals surface area contributed by atoms with Crippen molar-refractivity contribution in [3.05, 3.63) is 65.5 Å². The first-order chi connectivity index (χ1) is 11.0. The Bertz CT molecular complexity index is 707. The SMILES string of the molecule is COc1cc(/C=C/C(=O)O[C@H](C)c2ccc(F)cc2)ccc1O. The van der Waals surface area contributed by atoms with Gasteiger partial charge in [0.25, 0.3) is 0 Å². The lowest BCUT2D eigenvalue weighted by Gasteiger charge is -2.12. The maximum Gasteiger partial charge on any atom is 0.331 e. The fourth-order valence-corrected chi connectivity index (χ4v) is 1.98. The first-order valence-corrected chi connectivity index (χ1v) is 7.01. The molecule has 0 spiro atoms. The molecular weight excluding hydrogens is 299 g/mol. The third kappa shape index (κ3) is 4.57. The Morgan fingerprint density at radius 1 is 1.22 bits per heavy atom. The van der Waals surface area contributed by atoms with Crippen molar-refractivity contribution in [1.82, 2.24) is 0 Å². The molecule has 0 saturated carbocycles. The molecule has 120 valence electrons. The molecule has 0 aliphatic carbocycles. The van der Waals surface area contributed by atoms with Gasteiger partial charge in [0.15, 0.2) is 11.5 Å². The minimum atomic E-state index is -0.520. The second kappa shape index (κ2) is 7.45. The zero-order chi connectivity index (χ0) is 16.8. The Kier molecular flexibility index (Phi) is 5.36. The van der Waals surface area contributed by atoms with Gasteiger partial charge in [0.05, 0.1) is 7.11 Å². The minimum Gasteiger partial charge on any atom is -0.504 e. The van der Waals surface area contributed by atoms with E-state index in [0.29, 0.717) is 16.9 Å². The lowest BCUT2D eigenvalue weighted by Crippen LogP contribution is -2.06. The molecule has 2 aromatic rings. The number of rotatable bonds is 5. The zero-order valence-corrected chi connectivity index (χ0v) is 12.8. The van der Waals surface area contributed by atoms with E-state index >= 15 is 0 Å². The monoisotopic (exact) mass is 316 g/mol. The fourth-order valence-electron chi connectivity index (χ4n) is 1.98. The van der Waals surface area contributed by atoms with E-state index in [1.165, 1.54) is 31.4 Å². The highest BCUT2D eigenvalue weighted by atomic mass is 19.1. The topological polar surface area (TPSA) is 55.8 Å². The van der Waals surface area contributed by atoms with Crippen molar-refractivity contribution >= 4 is 12.0 Å². The van der Waals surface area contributed by atoms with Crippen LogP contribution >= 0.6 is 0 Å². The van der Waals surface area contributed by atoms with Gasteiger partial charge >= 0.3 is 5.97 Å². The predicted molar refractivity (Wildman–Crippen MR) is 84.6 cm³/mol. The number of carbonyl (C=O) groups excluding carboxylic acids is 1. The average Bonchev–Trinajstić information content (AvgIpc) is 2.54. The molecule has 0 fully saturated rings. The molecule has 2 aromatic carbocycles. The van der Waals surface area contributed by atoms with Gasteiger partial charge in [-0.15, -0.1) is 0 Å². The number of hydrogen-bond acceptors (Lipinski definition) is 4. The summed E-state index contributed by atoms with van der Waals surface area (Å²) in [5.41, 5.74) is 1.39. The van der Waals surface area contributed by atoms with Crippen LogP contribution in [-0.4, -0.2) is 18.2 Å². The van der Waals surface area contributed by atoms with E-state index in [4.69, 9.17) is 9.47 Å². The number of hydrogen-bond donors (Lipinski definition) is 1. The van der Waals surface area contributed by atoms with E-state index in [-0.39, 0.29) is 11.6 Å². The van der Waals surface area contributed by atoms with Crippen LogP contribution in [0.1, 0.15) is 24.2 Å². The third-order valence-electron chi connectivity index (χ3n) is 3.25. The molecule has 0 heterocycles. The number of carbonyl (C=O) groups is 1. The van der Waals surface area contributed by atoms with Crippen LogP contribution in [0, 0.1) is 5.82 Å². The summed E-state index contributed by atoms with van der Waals surface area (Å²) in [6, 6.07) is 10.5. The van der Waals surface area contributed by atoms with Crippen LogP contribution in [-0.2, 0) is 9.53 Å². The van der Waals surface area contributed by atoms with Crippen molar-refractivity contribution < 1.29 is 23.8 Å². The van der Waals surface area contributed by atoms with Gasteiger partial charge < -0.3 is 14.6 Å². The van der Waals surface area contributed by atoms with Gasteiger partial charge in [-0.2, -0.15) is 0 Å². The highest BCUT2D eigenvalue weighted by Crippen LogP contribution is 2.26. The van der Waals surface area contributed by atoms with Gasteiger partial charge in [0.2, 0.25) is 0 Å². The molecule has 0 aromatic heterocycles. The predicted octanol–water partition coefficient (Wildman–Crippen LogP) is 3.86. The average molecular weight is 316 g/mol. The van der Waals surface area contributed by atoms with Crippen LogP contribution in [0.2, 0.25) is 0 Å². The Labute approximate surface area is 133 Å². The molecule has 0 radical (unpaired) electrons. The summed E-state index contributed by atoms with van der Waals surface area (Å²) in [6.07, 6.45) is 2.36. The van der Waals surface area contributed by atoms with E-state index in [0.717, 1.165) is 0 Å². The Balaban J connectivity index is 2.00. The van der Waals surface area contributed by atoms with Gasteiger partial charge in [-0.3, -0.25) is 0 Å². The number of benzene rings is 2. The van der Waals surface area contributed by atoms with Gasteiger partial charge in [0, 0.05) is 6.08 Å². The van der Waals surface area contributed by atoms with Crippen molar-refractivity contribution in [2.24, 2.45) is 0 Å². The van der Waals surface area contributed by atoms with E-state index in [9.17, 15) is 14.3 Å². The van der Waals surface area contributed by atoms with Crippen LogP contribution < -0.4 is 4.74 Å². The molecule has 5 heteroatoms. The summed E-state index contributed by atoms with van der Waals surface area (Å²) in [5.74, 6) is -0.514. The zero-order valence-electron chi connectivity index (χ0n) is 12.8. The highest BCUT2D eigenvalue weighted by molar-refractivity contribution is 5.87. The van der Waals surface area contributed by atoms with Crippen LogP contribution in [0.15, 0.2) is 48.5 Å². The van der Waals surface area contributed by atoms with E-state index in [2.05, 4.69) is 0 Å². The lowest BCUT2D eigenvalue weighted by atomic mass is 10.1. The van der Waals surface area contributed by atoms with Crippen molar-refractivity contribution in [3.8, 4) is 11.5 Å². The first-order valence-electron chi connectivity index (χ1n) is 7.01. The Morgan fingerprint density at radius 2 is 1.91 bits per heavy atom. The number of esters is 1. The maximum absolute atomic E-state index is 12.9. The van der Waals surface area contributed by atoms with Crippen molar-refractivity contribution in [2.45, 2.75) is 13.0 Å². The molecular formula is C18H17FO4. The summed E-state index contributed by atoms with van der Waals surface area (Å²) in [5, 5.41) is 9.51. The molecule has 0 unspecified atom stereocenters. The number of phenolic OH excluding ortho intramolecular Hbond substituents is 1. The Hall–Kier alpha value is -2.82. The van der Waals surface area contributed by atoms with Crippen molar-refractivity contribution in [1.29, 1.82) is 0 Å². The summed E-state index contributed by atoms with van der Waals surface area (Å²) in [7, 11) is 1.45. The van der Waals surface area contributed by atoms with Gasteiger partial charge in [-0.1, -0.05) is 18.2 Å². The third-order valence-corrected chi connectivity index (χ3v) is 3.25. The molecule has 0 saturated heterocycles. The van der Waals surface area contributed by atoms with E-state index < -0.39 is 12.1 Å². The normalized spacial score (nSPS) is 12.1. The first kappa shape index (κ1) is 16.5. The highest BCUT2D eigenvalue weighted by Gasteiger charge is 2.09. The van der Waals surface area contributed by atoms with E-state index in [1.54, 1.807) is 37.3 Å². The van der Waals surface area contributed by atoms with Crippen molar-refractivity contribution in [2.75, 3.05) is 7.11 Å². The number of ether oxygens (including phenoxy) is 2. The molecule has 1 atom stereocenters. The van der Waals surface area contributed by atoms with E-state index in [1.807, 2.05) is 0 Å². The van der Waals surface area contributed by atoms with Crippen molar-refractivity contribution in [3.63, 3.8) is 0 Å². The smallest absolute Gasteiger partial charge is 0.331 e. The van der Waals surface area contributed by atoms with Crippen LogP contribution in [0.3, 0.4) is 0 Å². The summed E-state index contributed by atoms with van der Waals surface area (Å²) in [6.45, 7) is 1.71. The maximum atomic E-state index is 12.9. The molecule has 2 rings (SSSR count). The van der Waals surface area contributed by atoms with Gasteiger partial charge in [-0.25, -0.2) is 9.18 Å². The quantitative estimate of drug-likeness (QED) is 0.672. The Morgan fingerprint density at radius 3 is 2.57 bits per heavy atom. The lowest BCUT2D eigenvalue weighted by molar-refractivity contribution is -0.142. The summed E-state index contributed by atoms with van der Waals surface area (Å²) >= 11 is 0. The van der Waals surface area contributed by atoms with Gasteiger partial charge in [-0.05, 0) is 48.4 Å². The molecule has 23 heavy (non-hydrogen) atoms. The standard InChI is InChI=1S/C18H17FO4/c1-12(14-5-7-15(19)8-6-14)23-18(21)10-4-13-3-9-16(20)17(11-13)22-2/h3-12,20H,1-2H3/b10-4+/t12-/m1/s1. The molecule has 1 N–H and O–H groups in total. The molecule has 4 nitrogen and oxygen atoms in total. The van der Waals surface area contributed by atoms with Crippen LogP contribution in [0.25, 0.3) is 6.08 Å². The largest absolute Gasteiger partial charge is 0.504 e. The van der Waals surface area contributed by atoms with Crippen LogP contribution in [0.4, 0.5) is 4.39 Å². The number of aromatic hydroxyl groups is 1. The number of phenols is 1. The van der Waals surface area contributed by atoms with Crippen LogP contribution in [0.5, 0.6) is 11.5 Å². The minimum absolute atomic E-state index is 0.0251. The summed E-state index contributed by atoms with van der Waals surface area (Å²) < 4.78 is 23.1. The molecule has 0 aliphatic heterocycles. The molecule has 0 aliphatic rings. The molecule has 0 amide bonds. The number of methoxy groups -OCH3 is 1. The number of halogens is 1. The molecule has 0 bridgehead atoms.